The smallest absolute Gasteiger partial charge is 0.268 e. The topological polar surface area (TPSA) is 103 Å². The van der Waals surface area contributed by atoms with Crippen LogP contribution in [0.25, 0.3) is 11.3 Å². The first kappa shape index (κ1) is 21.1. The molecule has 162 valence electrons. The Morgan fingerprint density at radius 1 is 1.23 bits per heavy atom. The first-order valence-electron chi connectivity index (χ1n) is 10.9. The van der Waals surface area contributed by atoms with Crippen LogP contribution < -0.4 is 10.6 Å². The predicted molar refractivity (Wildman–Crippen MR) is 121 cm³/mol. The molecule has 1 aliphatic rings. The Kier molecular flexibility index (Phi) is 6.62. The highest BCUT2D eigenvalue weighted by Gasteiger charge is 2.18. The van der Waals surface area contributed by atoms with E-state index in [0.717, 1.165) is 35.2 Å². The molecule has 1 fully saturated rings. The maximum atomic E-state index is 12.7. The summed E-state index contributed by atoms with van der Waals surface area (Å²) in [5, 5.41) is 16.1. The lowest BCUT2D eigenvalue weighted by molar-refractivity contribution is 0.0912. The number of aliphatic hydroxyl groups excluding tert-OH is 1. The minimum atomic E-state index is -0.465. The monoisotopic (exact) mass is 419 g/mol. The number of amides is 1. The van der Waals surface area contributed by atoms with Crippen molar-refractivity contribution in [2.75, 3.05) is 11.9 Å². The standard InChI is InChI=1S/C24H29N5O2/c1-16-13-26-24(27-19-10-6-3-7-11-19)29-22(16)18-12-20(25-14-18)23(31)28-21(15-30)17-8-4-2-5-9-17/h2,4-5,8-9,12-14,19,21,25,30H,3,6-7,10-11,15H2,1H3,(H,28,31)(H,26,27,29)/t21-/m1/s1. The second-order valence-corrected chi connectivity index (χ2v) is 8.13. The van der Waals surface area contributed by atoms with E-state index in [2.05, 4.69) is 20.6 Å². The van der Waals surface area contributed by atoms with Gasteiger partial charge in [-0.15, -0.1) is 0 Å². The van der Waals surface area contributed by atoms with Gasteiger partial charge in [0.1, 0.15) is 5.69 Å². The Labute approximate surface area is 182 Å². The normalized spacial score (nSPS) is 15.4. The number of anilines is 1. The van der Waals surface area contributed by atoms with Crippen molar-refractivity contribution in [1.82, 2.24) is 20.3 Å². The maximum Gasteiger partial charge on any atom is 0.268 e. The van der Waals surface area contributed by atoms with Crippen molar-refractivity contribution in [2.45, 2.75) is 51.1 Å². The molecule has 1 aromatic carbocycles. The zero-order valence-corrected chi connectivity index (χ0v) is 17.8. The fourth-order valence-corrected chi connectivity index (χ4v) is 4.05. The fraction of sp³-hybridized carbons (Fsp3) is 0.375. The molecule has 0 spiro atoms. The highest BCUT2D eigenvalue weighted by atomic mass is 16.3. The summed E-state index contributed by atoms with van der Waals surface area (Å²) in [6.07, 6.45) is 9.67. The zero-order valence-electron chi connectivity index (χ0n) is 17.8. The van der Waals surface area contributed by atoms with Gasteiger partial charge in [-0.05, 0) is 37.0 Å². The number of hydrogen-bond donors (Lipinski definition) is 4. The molecule has 2 aromatic heterocycles. The van der Waals surface area contributed by atoms with Crippen LogP contribution in [0.1, 0.15) is 59.8 Å². The summed E-state index contributed by atoms with van der Waals surface area (Å²) in [6, 6.07) is 11.2. The number of aliphatic hydroxyl groups is 1. The van der Waals surface area contributed by atoms with Crippen LogP contribution in [0, 0.1) is 6.92 Å². The fourth-order valence-electron chi connectivity index (χ4n) is 4.05. The number of aromatic nitrogens is 3. The lowest BCUT2D eigenvalue weighted by Crippen LogP contribution is -2.30. The van der Waals surface area contributed by atoms with Gasteiger partial charge in [0.15, 0.2) is 0 Å². The predicted octanol–water partition coefficient (Wildman–Crippen LogP) is 3.99. The van der Waals surface area contributed by atoms with E-state index in [4.69, 9.17) is 4.98 Å². The van der Waals surface area contributed by atoms with Gasteiger partial charge in [-0.2, -0.15) is 0 Å². The van der Waals surface area contributed by atoms with E-state index in [-0.39, 0.29) is 12.5 Å². The van der Waals surface area contributed by atoms with Crippen LogP contribution in [-0.4, -0.2) is 38.6 Å². The SMILES string of the molecule is Cc1cnc(NC2CCCCC2)nc1-c1c[nH]c(C(=O)N[C@H](CO)c2ccccc2)c1. The molecule has 7 nitrogen and oxygen atoms in total. The molecule has 1 amide bonds. The van der Waals surface area contributed by atoms with Crippen molar-refractivity contribution < 1.29 is 9.90 Å². The van der Waals surface area contributed by atoms with Crippen LogP contribution >= 0.6 is 0 Å². The average molecular weight is 420 g/mol. The molecule has 1 aliphatic carbocycles. The van der Waals surface area contributed by atoms with E-state index in [1.54, 1.807) is 12.3 Å². The highest BCUT2D eigenvalue weighted by Crippen LogP contribution is 2.25. The van der Waals surface area contributed by atoms with Gasteiger partial charge in [-0.25, -0.2) is 9.97 Å². The average Bonchev–Trinajstić information content (AvgIpc) is 3.30. The number of hydrogen-bond acceptors (Lipinski definition) is 5. The van der Waals surface area contributed by atoms with Gasteiger partial charge >= 0.3 is 0 Å². The number of benzene rings is 1. The van der Waals surface area contributed by atoms with Gasteiger partial charge in [-0.1, -0.05) is 49.6 Å². The van der Waals surface area contributed by atoms with E-state index < -0.39 is 6.04 Å². The van der Waals surface area contributed by atoms with Gasteiger partial charge in [0.05, 0.1) is 18.3 Å². The van der Waals surface area contributed by atoms with Crippen molar-refractivity contribution in [3.05, 3.63) is 65.6 Å². The van der Waals surface area contributed by atoms with Crippen LogP contribution in [0.2, 0.25) is 0 Å². The number of carbonyl (C=O) groups excluding carboxylic acids is 1. The number of carbonyl (C=O) groups is 1. The minimum Gasteiger partial charge on any atom is -0.394 e. The molecular weight excluding hydrogens is 390 g/mol. The molecule has 0 saturated heterocycles. The number of aryl methyl sites for hydroxylation is 1. The van der Waals surface area contributed by atoms with Crippen LogP contribution in [0.3, 0.4) is 0 Å². The Bertz CT molecular complexity index is 1010. The van der Waals surface area contributed by atoms with E-state index in [1.807, 2.05) is 43.5 Å². The van der Waals surface area contributed by atoms with Crippen molar-refractivity contribution in [3.63, 3.8) is 0 Å². The first-order valence-corrected chi connectivity index (χ1v) is 10.9. The first-order chi connectivity index (χ1) is 15.1. The summed E-state index contributed by atoms with van der Waals surface area (Å²) in [4.78, 5) is 25.0. The molecule has 31 heavy (non-hydrogen) atoms. The molecule has 4 N–H and O–H groups in total. The van der Waals surface area contributed by atoms with Crippen molar-refractivity contribution >= 4 is 11.9 Å². The van der Waals surface area contributed by atoms with Crippen LogP contribution in [0.4, 0.5) is 5.95 Å². The van der Waals surface area contributed by atoms with Gasteiger partial charge < -0.3 is 20.7 Å². The molecule has 4 rings (SSSR count). The lowest BCUT2D eigenvalue weighted by atomic mass is 9.96. The largest absolute Gasteiger partial charge is 0.394 e. The number of rotatable bonds is 7. The second-order valence-electron chi connectivity index (χ2n) is 8.13. The minimum absolute atomic E-state index is 0.176. The number of nitrogens with zero attached hydrogens (tertiary/aromatic N) is 2. The van der Waals surface area contributed by atoms with Crippen molar-refractivity contribution in [2.24, 2.45) is 0 Å². The Hall–Kier alpha value is -3.19. The Morgan fingerprint density at radius 2 is 2.00 bits per heavy atom. The van der Waals surface area contributed by atoms with Gasteiger partial charge in [0, 0.05) is 24.0 Å². The van der Waals surface area contributed by atoms with Gasteiger partial charge in [-0.3, -0.25) is 4.79 Å². The number of aromatic amines is 1. The third kappa shape index (κ3) is 5.11. The third-order valence-corrected chi connectivity index (χ3v) is 5.80. The van der Waals surface area contributed by atoms with E-state index in [0.29, 0.717) is 17.7 Å². The second kappa shape index (κ2) is 9.75. The molecule has 0 unspecified atom stereocenters. The van der Waals surface area contributed by atoms with Crippen molar-refractivity contribution in [1.29, 1.82) is 0 Å². The Morgan fingerprint density at radius 3 is 2.74 bits per heavy atom. The lowest BCUT2D eigenvalue weighted by Gasteiger charge is -2.22. The van der Waals surface area contributed by atoms with Gasteiger partial charge in [0.2, 0.25) is 5.95 Å². The summed E-state index contributed by atoms with van der Waals surface area (Å²) in [7, 11) is 0. The van der Waals surface area contributed by atoms with E-state index >= 15 is 0 Å². The summed E-state index contributed by atoms with van der Waals surface area (Å²) in [5.74, 6) is 0.352. The molecule has 0 aliphatic heterocycles. The molecule has 1 atom stereocenters. The third-order valence-electron chi connectivity index (χ3n) is 5.80. The van der Waals surface area contributed by atoms with E-state index in [1.165, 1.54) is 19.3 Å². The van der Waals surface area contributed by atoms with Crippen LogP contribution in [-0.2, 0) is 0 Å². The molecule has 1 saturated carbocycles. The summed E-state index contributed by atoms with van der Waals surface area (Å²) in [6.45, 7) is 1.79. The summed E-state index contributed by atoms with van der Waals surface area (Å²) >= 11 is 0. The summed E-state index contributed by atoms with van der Waals surface area (Å²) in [5.41, 5.74) is 3.85. The summed E-state index contributed by atoms with van der Waals surface area (Å²) < 4.78 is 0. The number of H-pyrrole nitrogens is 1. The quantitative estimate of drug-likeness (QED) is 0.464. The van der Waals surface area contributed by atoms with E-state index in [9.17, 15) is 9.90 Å². The van der Waals surface area contributed by atoms with Crippen molar-refractivity contribution in [3.8, 4) is 11.3 Å². The Balaban J connectivity index is 1.48. The maximum absolute atomic E-state index is 12.7. The zero-order chi connectivity index (χ0) is 21.6. The highest BCUT2D eigenvalue weighted by molar-refractivity contribution is 5.94. The van der Waals surface area contributed by atoms with Crippen LogP contribution in [0.5, 0.6) is 0 Å². The molecule has 7 heteroatoms. The molecule has 0 bridgehead atoms. The molecular formula is C24H29N5O2. The molecule has 3 aromatic rings. The molecule has 2 heterocycles. The number of nitrogens with one attached hydrogen (secondary N) is 3. The molecule has 0 radical (unpaired) electrons. The van der Waals surface area contributed by atoms with Gasteiger partial charge in [0.25, 0.3) is 5.91 Å². The van der Waals surface area contributed by atoms with Crippen LogP contribution in [0.15, 0.2) is 48.8 Å².